The number of β-amino-alcohol motifs (C(OH)–C–C–N with tert-alkyl or cyclic N) is 2. The molecule has 1 heterocycles. The standard InChI is InChI=1S/C15H17NO4/c1-10-4-5-12(7-11(10)3-2-6-17)15(20)16-8-13(18)14(19)9-16/h4-5,7,13-14,17-19H,6,8-9H2,1H3. The number of hydrogen-bond acceptors (Lipinski definition) is 4. The first-order valence-electron chi connectivity index (χ1n) is 6.38. The van der Waals surface area contributed by atoms with Gasteiger partial charge in [-0.1, -0.05) is 17.9 Å². The summed E-state index contributed by atoms with van der Waals surface area (Å²) in [6.07, 6.45) is -1.78. The van der Waals surface area contributed by atoms with E-state index in [0.29, 0.717) is 11.1 Å². The van der Waals surface area contributed by atoms with Gasteiger partial charge >= 0.3 is 0 Å². The first kappa shape index (κ1) is 14.5. The lowest BCUT2D eigenvalue weighted by molar-refractivity contribution is 0.0572. The molecule has 1 amide bonds. The second kappa shape index (κ2) is 6.06. The van der Waals surface area contributed by atoms with E-state index in [-0.39, 0.29) is 25.6 Å². The van der Waals surface area contributed by atoms with Gasteiger partial charge in [0.25, 0.3) is 5.91 Å². The Bertz CT molecular complexity index is 563. The predicted molar refractivity (Wildman–Crippen MR) is 73.1 cm³/mol. The van der Waals surface area contributed by atoms with Crippen LogP contribution in [0, 0.1) is 18.8 Å². The maximum atomic E-state index is 12.3. The molecule has 1 fully saturated rings. The summed E-state index contributed by atoms with van der Waals surface area (Å²) in [6.45, 7) is 1.90. The van der Waals surface area contributed by atoms with Gasteiger partial charge in [-0.2, -0.15) is 0 Å². The van der Waals surface area contributed by atoms with Crippen molar-refractivity contribution in [2.75, 3.05) is 19.7 Å². The summed E-state index contributed by atoms with van der Waals surface area (Å²) in [5.74, 6) is 5.11. The number of aryl methyl sites for hydroxylation is 1. The van der Waals surface area contributed by atoms with Crippen LogP contribution in [-0.2, 0) is 0 Å². The molecule has 1 aromatic rings. The van der Waals surface area contributed by atoms with Gasteiger partial charge in [-0.3, -0.25) is 4.79 Å². The van der Waals surface area contributed by atoms with Crippen molar-refractivity contribution in [3.8, 4) is 11.8 Å². The van der Waals surface area contributed by atoms with Gasteiger partial charge in [0, 0.05) is 24.2 Å². The Kier molecular flexibility index (Phi) is 4.40. The van der Waals surface area contributed by atoms with Gasteiger partial charge in [-0.15, -0.1) is 0 Å². The fraction of sp³-hybridized carbons (Fsp3) is 0.400. The van der Waals surface area contributed by atoms with Crippen LogP contribution in [0.15, 0.2) is 18.2 Å². The van der Waals surface area contributed by atoms with Gasteiger partial charge in [0.2, 0.25) is 0 Å². The zero-order valence-electron chi connectivity index (χ0n) is 11.2. The molecule has 5 heteroatoms. The molecule has 0 saturated carbocycles. The van der Waals surface area contributed by atoms with E-state index in [9.17, 15) is 15.0 Å². The van der Waals surface area contributed by atoms with Crippen molar-refractivity contribution < 1.29 is 20.1 Å². The molecule has 0 bridgehead atoms. The molecule has 5 nitrogen and oxygen atoms in total. The second-order valence-electron chi connectivity index (χ2n) is 4.83. The average Bonchev–Trinajstić information content (AvgIpc) is 2.77. The van der Waals surface area contributed by atoms with Crippen LogP contribution in [0.4, 0.5) is 0 Å². The number of carbonyl (C=O) groups is 1. The van der Waals surface area contributed by atoms with Crippen LogP contribution in [0.2, 0.25) is 0 Å². The number of aliphatic hydroxyl groups excluding tert-OH is 3. The number of benzene rings is 1. The Morgan fingerprint density at radius 1 is 1.35 bits per heavy atom. The lowest BCUT2D eigenvalue weighted by Gasteiger charge is -2.15. The number of likely N-dealkylation sites (tertiary alicyclic amines) is 1. The van der Waals surface area contributed by atoms with Crippen molar-refractivity contribution in [1.82, 2.24) is 4.90 Å². The smallest absolute Gasteiger partial charge is 0.254 e. The van der Waals surface area contributed by atoms with E-state index in [4.69, 9.17) is 5.11 Å². The molecule has 1 aromatic carbocycles. The predicted octanol–water partition coefficient (Wildman–Crippen LogP) is -0.484. The Labute approximate surface area is 117 Å². The van der Waals surface area contributed by atoms with Crippen LogP contribution >= 0.6 is 0 Å². The van der Waals surface area contributed by atoms with E-state index in [0.717, 1.165) is 5.56 Å². The third kappa shape index (κ3) is 2.99. The Balaban J connectivity index is 2.23. The highest BCUT2D eigenvalue weighted by atomic mass is 16.3. The summed E-state index contributed by atoms with van der Waals surface area (Å²) in [7, 11) is 0. The van der Waals surface area contributed by atoms with Crippen molar-refractivity contribution >= 4 is 5.91 Å². The number of aliphatic hydroxyl groups is 3. The topological polar surface area (TPSA) is 81.0 Å². The lowest BCUT2D eigenvalue weighted by Crippen LogP contribution is -2.29. The zero-order valence-corrected chi connectivity index (χ0v) is 11.2. The molecule has 0 radical (unpaired) electrons. The highest BCUT2D eigenvalue weighted by Gasteiger charge is 2.32. The summed E-state index contributed by atoms with van der Waals surface area (Å²) in [5.41, 5.74) is 2.06. The van der Waals surface area contributed by atoms with Crippen LogP contribution in [0.1, 0.15) is 21.5 Å². The molecular weight excluding hydrogens is 258 g/mol. The van der Waals surface area contributed by atoms with Crippen molar-refractivity contribution in [2.24, 2.45) is 0 Å². The Hall–Kier alpha value is -1.87. The largest absolute Gasteiger partial charge is 0.388 e. The fourth-order valence-corrected chi connectivity index (χ4v) is 2.14. The van der Waals surface area contributed by atoms with Gasteiger partial charge in [-0.05, 0) is 24.6 Å². The highest BCUT2D eigenvalue weighted by Crippen LogP contribution is 2.16. The molecule has 2 atom stereocenters. The minimum Gasteiger partial charge on any atom is -0.388 e. The quantitative estimate of drug-likeness (QED) is 0.605. The van der Waals surface area contributed by atoms with E-state index in [1.807, 2.05) is 6.92 Å². The van der Waals surface area contributed by atoms with Crippen molar-refractivity contribution in [2.45, 2.75) is 19.1 Å². The minimum absolute atomic E-state index is 0.130. The molecule has 3 N–H and O–H groups in total. The third-order valence-electron chi connectivity index (χ3n) is 3.33. The number of nitrogens with zero attached hydrogens (tertiary/aromatic N) is 1. The molecular formula is C15H17NO4. The molecule has 2 unspecified atom stereocenters. The summed E-state index contributed by atoms with van der Waals surface area (Å²) in [4.78, 5) is 13.7. The molecule has 0 spiro atoms. The number of rotatable bonds is 1. The maximum Gasteiger partial charge on any atom is 0.254 e. The third-order valence-corrected chi connectivity index (χ3v) is 3.33. The van der Waals surface area contributed by atoms with Gasteiger partial charge in [0.15, 0.2) is 0 Å². The molecule has 2 rings (SSSR count). The van der Waals surface area contributed by atoms with Gasteiger partial charge in [0.1, 0.15) is 6.61 Å². The lowest BCUT2D eigenvalue weighted by atomic mass is 10.0. The summed E-state index contributed by atoms with van der Waals surface area (Å²) < 4.78 is 0. The molecule has 1 aliphatic rings. The zero-order chi connectivity index (χ0) is 14.7. The van der Waals surface area contributed by atoms with Gasteiger partial charge in [-0.25, -0.2) is 0 Å². The maximum absolute atomic E-state index is 12.3. The molecule has 1 aliphatic heterocycles. The summed E-state index contributed by atoms with van der Waals surface area (Å²) in [6, 6.07) is 5.15. The average molecular weight is 275 g/mol. The summed E-state index contributed by atoms with van der Waals surface area (Å²) >= 11 is 0. The van der Waals surface area contributed by atoms with Crippen molar-refractivity contribution in [3.05, 3.63) is 34.9 Å². The second-order valence-corrected chi connectivity index (χ2v) is 4.83. The van der Waals surface area contributed by atoms with Gasteiger partial charge in [0.05, 0.1) is 12.2 Å². The Morgan fingerprint density at radius 3 is 2.60 bits per heavy atom. The van der Waals surface area contributed by atoms with E-state index in [1.54, 1.807) is 18.2 Å². The SMILES string of the molecule is Cc1ccc(C(=O)N2CC(O)C(O)C2)cc1C#CCO. The number of amides is 1. The van der Waals surface area contributed by atoms with Crippen LogP contribution in [-0.4, -0.2) is 58.0 Å². The van der Waals surface area contributed by atoms with Crippen LogP contribution < -0.4 is 0 Å². The number of hydrogen-bond donors (Lipinski definition) is 3. The highest BCUT2D eigenvalue weighted by molar-refractivity contribution is 5.95. The molecule has 106 valence electrons. The first-order valence-corrected chi connectivity index (χ1v) is 6.38. The van der Waals surface area contributed by atoms with E-state index >= 15 is 0 Å². The number of carbonyl (C=O) groups excluding carboxylic acids is 1. The summed E-state index contributed by atoms with van der Waals surface area (Å²) in [5, 5.41) is 27.7. The van der Waals surface area contributed by atoms with Crippen LogP contribution in [0.3, 0.4) is 0 Å². The first-order chi connectivity index (χ1) is 9.52. The van der Waals surface area contributed by atoms with E-state index < -0.39 is 12.2 Å². The van der Waals surface area contributed by atoms with Crippen LogP contribution in [0.5, 0.6) is 0 Å². The van der Waals surface area contributed by atoms with Crippen molar-refractivity contribution in [1.29, 1.82) is 0 Å². The monoisotopic (exact) mass is 275 g/mol. The van der Waals surface area contributed by atoms with Gasteiger partial charge < -0.3 is 20.2 Å². The minimum atomic E-state index is -0.891. The van der Waals surface area contributed by atoms with E-state index in [1.165, 1.54) is 4.90 Å². The Morgan fingerprint density at radius 2 is 2.00 bits per heavy atom. The molecule has 1 saturated heterocycles. The molecule has 0 aliphatic carbocycles. The molecule has 0 aromatic heterocycles. The van der Waals surface area contributed by atoms with E-state index in [2.05, 4.69) is 11.8 Å². The van der Waals surface area contributed by atoms with Crippen LogP contribution in [0.25, 0.3) is 0 Å². The molecule has 20 heavy (non-hydrogen) atoms. The normalized spacial score (nSPS) is 21.5. The fourth-order valence-electron chi connectivity index (χ4n) is 2.14. The van der Waals surface area contributed by atoms with Crippen molar-refractivity contribution in [3.63, 3.8) is 0 Å².